The fourth-order valence-corrected chi connectivity index (χ4v) is 4.21. The minimum atomic E-state index is -0.147. The van der Waals surface area contributed by atoms with Gasteiger partial charge in [0.15, 0.2) is 0 Å². The molecule has 0 unspecified atom stereocenters. The van der Waals surface area contributed by atoms with Crippen LogP contribution in [0.25, 0.3) is 5.13 Å². The molecule has 2 heterocycles. The molecule has 0 atom stereocenters. The number of carbonyl (C=O) groups is 1. The van der Waals surface area contributed by atoms with Crippen LogP contribution in [0.2, 0.25) is 0 Å². The van der Waals surface area contributed by atoms with Crippen LogP contribution in [0.1, 0.15) is 52.1 Å². The Bertz CT molecular complexity index is 959. The number of amides is 1. The maximum atomic E-state index is 12.7. The third-order valence-corrected chi connectivity index (χ3v) is 6.16. The summed E-state index contributed by atoms with van der Waals surface area (Å²) in [5.74, 6) is -0.147. The van der Waals surface area contributed by atoms with E-state index in [1.807, 2.05) is 42.8 Å². The number of nitrogens with zero attached hydrogens (tertiary/aromatic N) is 3. The first-order valence-electron chi connectivity index (χ1n) is 9.00. The summed E-state index contributed by atoms with van der Waals surface area (Å²) >= 11 is 4.77. The van der Waals surface area contributed by atoms with Crippen LogP contribution in [-0.4, -0.2) is 20.7 Å². The molecule has 0 saturated carbocycles. The summed E-state index contributed by atoms with van der Waals surface area (Å²) < 4.78 is 2.84. The molecule has 27 heavy (non-hydrogen) atoms. The number of rotatable bonds is 6. The number of aromatic nitrogens is 3. The summed E-state index contributed by atoms with van der Waals surface area (Å²) in [5.41, 5.74) is 4.90. The summed E-state index contributed by atoms with van der Waals surface area (Å²) in [6.45, 7) is 8.16. The van der Waals surface area contributed by atoms with Crippen molar-refractivity contribution in [3.63, 3.8) is 0 Å². The maximum Gasteiger partial charge on any atom is 0.267 e. The lowest BCUT2D eigenvalue weighted by atomic mass is 10.1. The number of anilines is 1. The number of aryl methyl sites for hydroxylation is 2. The Labute approximate surface area is 172 Å². The second-order valence-corrected chi connectivity index (χ2v) is 8.43. The van der Waals surface area contributed by atoms with E-state index in [-0.39, 0.29) is 5.91 Å². The summed E-state index contributed by atoms with van der Waals surface area (Å²) in [5, 5.41) is 8.33. The first-order valence-corrected chi connectivity index (χ1v) is 10.6. The van der Waals surface area contributed by atoms with Crippen molar-refractivity contribution >= 4 is 38.9 Å². The van der Waals surface area contributed by atoms with Gasteiger partial charge < -0.3 is 5.32 Å². The normalized spacial score (nSPS) is 11.0. The molecule has 3 rings (SSSR count). The molecule has 1 aromatic carbocycles. The number of nitrogens with one attached hydrogen (secondary N) is 1. The van der Waals surface area contributed by atoms with Crippen molar-refractivity contribution < 1.29 is 4.79 Å². The van der Waals surface area contributed by atoms with Crippen molar-refractivity contribution in [1.82, 2.24) is 14.8 Å². The molecule has 0 aliphatic carbocycles. The second-order valence-electron chi connectivity index (χ2n) is 6.54. The summed E-state index contributed by atoms with van der Waals surface area (Å²) in [7, 11) is 0. The number of carbonyl (C=O) groups excluding carboxylic acids is 1. The van der Waals surface area contributed by atoms with Crippen LogP contribution in [0.3, 0.4) is 0 Å². The summed E-state index contributed by atoms with van der Waals surface area (Å²) in [6, 6.07) is 7.52. The van der Waals surface area contributed by atoms with Gasteiger partial charge in [-0.1, -0.05) is 40.6 Å². The number of halogens is 1. The van der Waals surface area contributed by atoms with Gasteiger partial charge in [-0.3, -0.25) is 4.79 Å². The molecule has 0 aliphatic rings. The van der Waals surface area contributed by atoms with Crippen molar-refractivity contribution in [3.8, 4) is 5.13 Å². The quantitative estimate of drug-likeness (QED) is 0.534. The molecule has 1 amide bonds. The molecule has 0 bridgehead atoms. The van der Waals surface area contributed by atoms with E-state index < -0.39 is 0 Å². The highest BCUT2D eigenvalue weighted by atomic mass is 79.9. The minimum absolute atomic E-state index is 0.147. The predicted molar refractivity (Wildman–Crippen MR) is 114 cm³/mol. The number of hydrogen-bond donors (Lipinski definition) is 1. The molecule has 7 heteroatoms. The van der Waals surface area contributed by atoms with Crippen molar-refractivity contribution in [2.75, 3.05) is 5.32 Å². The molecule has 3 aromatic rings. The second kappa shape index (κ2) is 8.35. The van der Waals surface area contributed by atoms with Crippen LogP contribution < -0.4 is 5.32 Å². The SMILES string of the molecule is CCCCc1c(C)nn(-c2nc(C)c(C(=O)Nc3ccc(Br)cc3)s2)c1C. The Morgan fingerprint density at radius 2 is 1.89 bits per heavy atom. The van der Waals surface area contributed by atoms with E-state index in [0.717, 1.165) is 45.9 Å². The topological polar surface area (TPSA) is 59.8 Å². The van der Waals surface area contributed by atoms with Crippen molar-refractivity contribution in [3.05, 3.63) is 56.3 Å². The first-order chi connectivity index (χ1) is 12.9. The molecule has 1 N–H and O–H groups in total. The number of thiazole rings is 1. The van der Waals surface area contributed by atoms with Crippen LogP contribution in [0.15, 0.2) is 28.7 Å². The number of hydrogen-bond acceptors (Lipinski definition) is 4. The Balaban J connectivity index is 1.86. The highest BCUT2D eigenvalue weighted by Gasteiger charge is 2.20. The lowest BCUT2D eigenvalue weighted by molar-refractivity contribution is 0.103. The van der Waals surface area contributed by atoms with Gasteiger partial charge in [-0.2, -0.15) is 5.10 Å². The smallest absolute Gasteiger partial charge is 0.267 e. The molecular weight excluding hydrogens is 424 g/mol. The van der Waals surface area contributed by atoms with Crippen LogP contribution >= 0.6 is 27.3 Å². The van der Waals surface area contributed by atoms with E-state index in [0.29, 0.717) is 10.6 Å². The molecule has 0 saturated heterocycles. The predicted octanol–water partition coefficient (Wildman–Crippen LogP) is 5.61. The third kappa shape index (κ3) is 4.30. The van der Waals surface area contributed by atoms with Crippen LogP contribution in [-0.2, 0) is 6.42 Å². The Morgan fingerprint density at radius 3 is 2.56 bits per heavy atom. The van der Waals surface area contributed by atoms with Crippen molar-refractivity contribution in [1.29, 1.82) is 0 Å². The van der Waals surface area contributed by atoms with E-state index in [4.69, 9.17) is 0 Å². The fourth-order valence-electron chi connectivity index (χ4n) is 2.98. The van der Waals surface area contributed by atoms with Gasteiger partial charge in [-0.25, -0.2) is 9.67 Å². The minimum Gasteiger partial charge on any atom is -0.321 e. The Kier molecular flexibility index (Phi) is 6.11. The van der Waals surface area contributed by atoms with Crippen LogP contribution in [0.4, 0.5) is 5.69 Å². The summed E-state index contributed by atoms with van der Waals surface area (Å²) in [6.07, 6.45) is 3.32. The van der Waals surface area contributed by atoms with Gasteiger partial charge in [0.05, 0.1) is 11.4 Å². The molecule has 2 aromatic heterocycles. The van der Waals surface area contributed by atoms with E-state index in [2.05, 4.69) is 45.2 Å². The lowest BCUT2D eigenvalue weighted by Gasteiger charge is -2.03. The van der Waals surface area contributed by atoms with Gasteiger partial charge in [-0.05, 0) is 63.4 Å². The highest BCUT2D eigenvalue weighted by Crippen LogP contribution is 2.26. The molecule has 5 nitrogen and oxygen atoms in total. The van der Waals surface area contributed by atoms with Gasteiger partial charge in [0.2, 0.25) is 5.13 Å². The maximum absolute atomic E-state index is 12.7. The van der Waals surface area contributed by atoms with E-state index in [1.165, 1.54) is 16.9 Å². The monoisotopic (exact) mass is 446 g/mol. The molecule has 0 fully saturated rings. The fraction of sp³-hybridized carbons (Fsp3) is 0.350. The zero-order chi connectivity index (χ0) is 19.6. The van der Waals surface area contributed by atoms with E-state index in [9.17, 15) is 4.79 Å². The zero-order valence-corrected chi connectivity index (χ0v) is 18.4. The van der Waals surface area contributed by atoms with Gasteiger partial charge in [0.1, 0.15) is 4.88 Å². The first kappa shape index (κ1) is 19.8. The van der Waals surface area contributed by atoms with E-state index >= 15 is 0 Å². The third-order valence-electron chi connectivity index (χ3n) is 4.50. The Hall–Kier alpha value is -1.99. The number of unbranched alkanes of at least 4 members (excludes halogenated alkanes) is 1. The molecule has 0 radical (unpaired) electrons. The van der Waals surface area contributed by atoms with Gasteiger partial charge in [0, 0.05) is 15.9 Å². The van der Waals surface area contributed by atoms with Gasteiger partial charge in [-0.15, -0.1) is 0 Å². The van der Waals surface area contributed by atoms with E-state index in [1.54, 1.807) is 0 Å². The largest absolute Gasteiger partial charge is 0.321 e. The van der Waals surface area contributed by atoms with Crippen molar-refractivity contribution in [2.45, 2.75) is 47.0 Å². The average molecular weight is 447 g/mol. The molecule has 0 spiro atoms. The number of benzene rings is 1. The zero-order valence-electron chi connectivity index (χ0n) is 16.0. The van der Waals surface area contributed by atoms with Gasteiger partial charge in [0.25, 0.3) is 5.91 Å². The van der Waals surface area contributed by atoms with Gasteiger partial charge >= 0.3 is 0 Å². The highest BCUT2D eigenvalue weighted by molar-refractivity contribution is 9.10. The lowest BCUT2D eigenvalue weighted by Crippen LogP contribution is -2.11. The standard InChI is InChI=1S/C20H23BrN4OS/c1-5-6-7-17-12(2)24-25(14(17)4)20-22-13(3)18(27-20)19(26)23-16-10-8-15(21)9-11-16/h8-11H,5-7H2,1-4H3,(H,23,26). The van der Waals surface area contributed by atoms with Crippen LogP contribution in [0.5, 0.6) is 0 Å². The average Bonchev–Trinajstić information content (AvgIpc) is 3.15. The summed E-state index contributed by atoms with van der Waals surface area (Å²) in [4.78, 5) is 17.9. The molecular formula is C20H23BrN4OS. The molecule has 142 valence electrons. The Morgan fingerprint density at radius 1 is 1.19 bits per heavy atom. The van der Waals surface area contributed by atoms with Crippen molar-refractivity contribution in [2.24, 2.45) is 0 Å². The van der Waals surface area contributed by atoms with Crippen LogP contribution in [0, 0.1) is 20.8 Å². The molecule has 0 aliphatic heterocycles.